The summed E-state index contributed by atoms with van der Waals surface area (Å²) >= 11 is 0. The van der Waals surface area contributed by atoms with Gasteiger partial charge in [-0.3, -0.25) is 0 Å². The SMILES string of the molecule is CCC=CC(=O)OCc1cc(=O)oc2cc(C)c(C(C)C)cc12. The molecule has 0 amide bonds. The van der Waals surface area contributed by atoms with Gasteiger partial charge in [-0.2, -0.15) is 0 Å². The van der Waals surface area contributed by atoms with Crippen LogP contribution in [0.3, 0.4) is 0 Å². The normalized spacial score (nSPS) is 11.5. The highest BCUT2D eigenvalue weighted by Crippen LogP contribution is 2.27. The predicted molar refractivity (Wildman–Crippen MR) is 90.5 cm³/mol. The first kappa shape index (κ1) is 17.0. The Bertz CT molecular complexity index is 797. The molecule has 0 radical (unpaired) electrons. The van der Waals surface area contributed by atoms with Gasteiger partial charge in [-0.25, -0.2) is 9.59 Å². The monoisotopic (exact) mass is 314 g/mol. The topological polar surface area (TPSA) is 56.5 Å². The van der Waals surface area contributed by atoms with Gasteiger partial charge in [0.15, 0.2) is 0 Å². The van der Waals surface area contributed by atoms with E-state index in [0.717, 1.165) is 17.4 Å². The fourth-order valence-electron chi connectivity index (χ4n) is 2.54. The molecule has 4 nitrogen and oxygen atoms in total. The lowest BCUT2D eigenvalue weighted by Crippen LogP contribution is -2.06. The van der Waals surface area contributed by atoms with Crippen LogP contribution in [0.2, 0.25) is 0 Å². The van der Waals surface area contributed by atoms with Crippen LogP contribution in [0.5, 0.6) is 0 Å². The van der Waals surface area contributed by atoms with Crippen molar-refractivity contribution in [2.45, 2.75) is 46.6 Å². The van der Waals surface area contributed by atoms with Crippen molar-refractivity contribution in [2.75, 3.05) is 0 Å². The molecule has 0 bridgehead atoms. The molecule has 4 heteroatoms. The molecule has 0 aliphatic heterocycles. The lowest BCUT2D eigenvalue weighted by atomic mass is 9.95. The third-order valence-electron chi connectivity index (χ3n) is 3.70. The molecule has 0 unspecified atom stereocenters. The van der Waals surface area contributed by atoms with Gasteiger partial charge in [0, 0.05) is 23.1 Å². The molecule has 2 aromatic rings. The van der Waals surface area contributed by atoms with Crippen molar-refractivity contribution >= 4 is 16.9 Å². The lowest BCUT2D eigenvalue weighted by molar-refractivity contribution is -0.138. The quantitative estimate of drug-likeness (QED) is 0.471. The summed E-state index contributed by atoms with van der Waals surface area (Å²) in [5.74, 6) is -0.0568. The molecule has 0 aliphatic rings. The number of ether oxygens (including phenoxy) is 1. The van der Waals surface area contributed by atoms with Crippen LogP contribution in [-0.4, -0.2) is 5.97 Å². The molecule has 0 fully saturated rings. The number of hydrogen-bond donors (Lipinski definition) is 0. The summed E-state index contributed by atoms with van der Waals surface area (Å²) in [5.41, 5.74) is 3.01. The van der Waals surface area contributed by atoms with Crippen molar-refractivity contribution in [3.05, 3.63) is 57.5 Å². The van der Waals surface area contributed by atoms with E-state index < -0.39 is 11.6 Å². The van der Waals surface area contributed by atoms with Crippen LogP contribution in [-0.2, 0) is 16.1 Å². The van der Waals surface area contributed by atoms with Gasteiger partial charge in [-0.05, 0) is 42.5 Å². The van der Waals surface area contributed by atoms with Crippen LogP contribution in [0.15, 0.2) is 39.6 Å². The Labute approximate surface area is 135 Å². The van der Waals surface area contributed by atoms with Crippen molar-refractivity contribution in [3.63, 3.8) is 0 Å². The van der Waals surface area contributed by atoms with E-state index in [-0.39, 0.29) is 6.61 Å². The van der Waals surface area contributed by atoms with Crippen molar-refractivity contribution in [2.24, 2.45) is 0 Å². The molecule has 122 valence electrons. The fraction of sp³-hybridized carbons (Fsp3) is 0.368. The predicted octanol–water partition coefficient (Wildman–Crippen LogP) is 4.23. The summed E-state index contributed by atoms with van der Waals surface area (Å²) in [5, 5.41) is 0.811. The maximum Gasteiger partial charge on any atom is 0.336 e. The number of benzene rings is 1. The number of aryl methyl sites for hydroxylation is 1. The van der Waals surface area contributed by atoms with Gasteiger partial charge in [-0.15, -0.1) is 0 Å². The van der Waals surface area contributed by atoms with Crippen molar-refractivity contribution in [3.8, 4) is 0 Å². The van der Waals surface area contributed by atoms with E-state index in [0.29, 0.717) is 17.1 Å². The second kappa shape index (κ2) is 7.27. The van der Waals surface area contributed by atoms with Crippen LogP contribution < -0.4 is 5.63 Å². The Balaban J connectivity index is 2.42. The van der Waals surface area contributed by atoms with Gasteiger partial charge in [-0.1, -0.05) is 26.8 Å². The van der Waals surface area contributed by atoms with E-state index in [1.807, 2.05) is 26.0 Å². The average molecular weight is 314 g/mol. The molecule has 0 atom stereocenters. The van der Waals surface area contributed by atoms with E-state index in [1.54, 1.807) is 6.08 Å². The summed E-state index contributed by atoms with van der Waals surface area (Å²) in [6, 6.07) is 5.27. The molecule has 0 saturated carbocycles. The minimum atomic E-state index is -0.440. The van der Waals surface area contributed by atoms with Gasteiger partial charge in [0.05, 0.1) is 0 Å². The summed E-state index contributed by atoms with van der Waals surface area (Å²) in [7, 11) is 0. The number of fused-ring (bicyclic) bond motifs is 1. The average Bonchev–Trinajstić information content (AvgIpc) is 2.49. The van der Waals surface area contributed by atoms with E-state index in [1.165, 1.54) is 17.7 Å². The Morgan fingerprint density at radius 2 is 2.04 bits per heavy atom. The Morgan fingerprint density at radius 1 is 1.30 bits per heavy atom. The summed E-state index contributed by atoms with van der Waals surface area (Å²) in [4.78, 5) is 23.3. The minimum Gasteiger partial charge on any atom is -0.458 e. The first-order chi connectivity index (χ1) is 10.9. The number of esters is 1. The number of carbonyl (C=O) groups excluding carboxylic acids is 1. The van der Waals surface area contributed by atoms with Gasteiger partial charge < -0.3 is 9.15 Å². The minimum absolute atomic E-state index is 0.0512. The molecule has 1 aromatic carbocycles. The highest BCUT2D eigenvalue weighted by molar-refractivity contribution is 5.84. The zero-order valence-corrected chi connectivity index (χ0v) is 14.0. The van der Waals surface area contributed by atoms with Gasteiger partial charge in [0.1, 0.15) is 12.2 Å². The summed E-state index contributed by atoms with van der Waals surface area (Å²) in [6.45, 7) is 8.22. The highest BCUT2D eigenvalue weighted by Gasteiger charge is 2.12. The standard InChI is InChI=1S/C19H22O4/c1-5-6-7-18(20)22-11-14-9-19(21)23-17-8-13(4)15(12(2)3)10-16(14)17/h6-10,12H,5,11H2,1-4H3. The van der Waals surface area contributed by atoms with Crippen LogP contribution in [0.4, 0.5) is 0 Å². The fourth-order valence-corrected chi connectivity index (χ4v) is 2.54. The zero-order chi connectivity index (χ0) is 17.0. The second-order valence-electron chi connectivity index (χ2n) is 5.87. The molecular formula is C19H22O4. The molecule has 1 aromatic heterocycles. The molecule has 1 heterocycles. The molecule has 23 heavy (non-hydrogen) atoms. The first-order valence-electron chi connectivity index (χ1n) is 7.83. The van der Waals surface area contributed by atoms with Gasteiger partial charge >= 0.3 is 11.6 Å². The maximum atomic E-state index is 11.7. The molecule has 0 spiro atoms. The van der Waals surface area contributed by atoms with Crippen LogP contribution >= 0.6 is 0 Å². The number of carbonyl (C=O) groups is 1. The molecule has 0 N–H and O–H groups in total. The number of rotatable bonds is 5. The molecule has 0 saturated heterocycles. The maximum absolute atomic E-state index is 11.7. The largest absolute Gasteiger partial charge is 0.458 e. The zero-order valence-electron chi connectivity index (χ0n) is 14.0. The van der Waals surface area contributed by atoms with Gasteiger partial charge in [0.2, 0.25) is 0 Å². The summed E-state index contributed by atoms with van der Waals surface area (Å²) in [6.07, 6.45) is 3.90. The first-order valence-corrected chi connectivity index (χ1v) is 7.83. The molecule has 2 rings (SSSR count). The Kier molecular flexibility index (Phi) is 5.37. The smallest absolute Gasteiger partial charge is 0.336 e. The number of hydrogen-bond acceptors (Lipinski definition) is 4. The third kappa shape index (κ3) is 4.09. The van der Waals surface area contributed by atoms with Crippen LogP contribution in [0, 0.1) is 6.92 Å². The van der Waals surface area contributed by atoms with Gasteiger partial charge in [0.25, 0.3) is 0 Å². The summed E-state index contributed by atoms with van der Waals surface area (Å²) < 4.78 is 10.5. The van der Waals surface area contributed by atoms with E-state index in [9.17, 15) is 9.59 Å². The van der Waals surface area contributed by atoms with Crippen molar-refractivity contribution in [1.29, 1.82) is 0 Å². The van der Waals surface area contributed by atoms with Crippen molar-refractivity contribution in [1.82, 2.24) is 0 Å². The van der Waals surface area contributed by atoms with E-state index >= 15 is 0 Å². The lowest BCUT2D eigenvalue weighted by Gasteiger charge is -2.13. The van der Waals surface area contributed by atoms with Crippen LogP contribution in [0.1, 0.15) is 49.8 Å². The second-order valence-corrected chi connectivity index (χ2v) is 5.87. The molecule has 0 aliphatic carbocycles. The third-order valence-corrected chi connectivity index (χ3v) is 3.70. The van der Waals surface area contributed by atoms with Crippen molar-refractivity contribution < 1.29 is 13.9 Å². The Hall–Kier alpha value is -2.36. The van der Waals surface area contributed by atoms with Crippen LogP contribution in [0.25, 0.3) is 11.0 Å². The van der Waals surface area contributed by atoms with E-state index in [4.69, 9.17) is 9.15 Å². The highest BCUT2D eigenvalue weighted by atomic mass is 16.5. The number of allylic oxidation sites excluding steroid dienone is 1. The Morgan fingerprint density at radius 3 is 2.70 bits per heavy atom. The van der Waals surface area contributed by atoms with E-state index in [2.05, 4.69) is 13.8 Å². The molecular weight excluding hydrogens is 292 g/mol.